The summed E-state index contributed by atoms with van der Waals surface area (Å²) in [6, 6.07) is 9.45. The Hall–Kier alpha value is -1.71. The number of hydrogen-bond acceptors (Lipinski definition) is 2. The van der Waals surface area contributed by atoms with Crippen LogP contribution in [-0.4, -0.2) is 15.7 Å². The number of nitrogens with zero attached hydrogens (tertiary/aromatic N) is 2. The number of benzene rings is 1. The summed E-state index contributed by atoms with van der Waals surface area (Å²) < 4.78 is 2.16. The van der Waals surface area contributed by atoms with E-state index in [2.05, 4.69) is 73.3 Å². The van der Waals surface area contributed by atoms with E-state index in [0.29, 0.717) is 17.8 Å². The van der Waals surface area contributed by atoms with Gasteiger partial charge in [0.2, 0.25) is 0 Å². The molecule has 0 saturated heterocycles. The lowest BCUT2D eigenvalue weighted by molar-refractivity contribution is 0.642. The van der Waals surface area contributed by atoms with Gasteiger partial charge in [0.15, 0.2) is 0 Å². The normalized spacial score (nSPS) is 17.0. The minimum Gasteiger partial charge on any atom is -0.268 e. The maximum atomic E-state index is 5.99. The zero-order chi connectivity index (χ0) is 18.8. The van der Waals surface area contributed by atoms with Gasteiger partial charge < -0.3 is 0 Å². The molecule has 0 aliphatic heterocycles. The quantitative estimate of drug-likeness (QED) is 0.484. The van der Waals surface area contributed by atoms with E-state index in [4.69, 9.17) is 16.7 Å². The van der Waals surface area contributed by atoms with Gasteiger partial charge >= 0.3 is 0 Å². The van der Waals surface area contributed by atoms with Crippen molar-refractivity contribution in [3.63, 3.8) is 0 Å². The molecule has 0 bridgehead atoms. The Morgan fingerprint density at radius 1 is 1.19 bits per heavy atom. The van der Waals surface area contributed by atoms with Crippen molar-refractivity contribution in [3.8, 4) is 11.3 Å². The van der Waals surface area contributed by atoms with Crippen LogP contribution in [0.15, 0.2) is 70.1 Å². The van der Waals surface area contributed by atoms with Crippen molar-refractivity contribution >= 4 is 23.4 Å². The molecule has 27 heavy (non-hydrogen) atoms. The molecule has 4 heteroatoms. The molecule has 4 rings (SSSR count). The minimum atomic E-state index is 0.543. The van der Waals surface area contributed by atoms with E-state index in [0.717, 1.165) is 12.1 Å². The molecule has 0 unspecified atom stereocenters. The van der Waals surface area contributed by atoms with Crippen LogP contribution in [0.2, 0.25) is 0 Å². The number of alkyl halides is 1. The summed E-state index contributed by atoms with van der Waals surface area (Å²) in [6.45, 7) is 4.46. The van der Waals surface area contributed by atoms with Crippen LogP contribution in [-0.2, 0) is 0 Å². The second kappa shape index (κ2) is 8.12. The second-order valence-corrected chi connectivity index (χ2v) is 8.95. The summed E-state index contributed by atoms with van der Waals surface area (Å²) in [5.74, 6) is 1.13. The smallest absolute Gasteiger partial charge is 0.106 e. The molecular formula is C23H25ClN2S. The predicted molar refractivity (Wildman–Crippen MR) is 117 cm³/mol. The van der Waals surface area contributed by atoms with Crippen molar-refractivity contribution in [2.24, 2.45) is 0 Å². The number of hydrogen-bond donors (Lipinski definition) is 0. The standard InChI is InChI=1S/C23H25ClN2S/c1-16(2)18-7-9-19(10-8-18)23-22(15-26(25-23)20-11-12-20)27-21-5-3-4-17(14-24)6-13-21/h3,5-10,13,15-16,20H,4,11-12,14H2,1-2H3. The first-order valence-corrected chi connectivity index (χ1v) is 11.0. The van der Waals surface area contributed by atoms with Crippen LogP contribution in [0, 0.1) is 0 Å². The Bertz CT molecular complexity index is 899. The summed E-state index contributed by atoms with van der Waals surface area (Å²) in [7, 11) is 0. The molecule has 0 N–H and O–H groups in total. The zero-order valence-electron chi connectivity index (χ0n) is 15.9. The number of aromatic nitrogens is 2. The second-order valence-electron chi connectivity index (χ2n) is 7.57. The minimum absolute atomic E-state index is 0.543. The Labute approximate surface area is 171 Å². The Balaban J connectivity index is 1.66. The summed E-state index contributed by atoms with van der Waals surface area (Å²) in [4.78, 5) is 2.45. The molecule has 2 aliphatic rings. The van der Waals surface area contributed by atoms with Gasteiger partial charge in [-0.1, -0.05) is 73.7 Å². The van der Waals surface area contributed by atoms with Crippen molar-refractivity contribution in [2.75, 3.05) is 5.88 Å². The average molecular weight is 397 g/mol. The van der Waals surface area contributed by atoms with Crippen LogP contribution in [0.3, 0.4) is 0 Å². The van der Waals surface area contributed by atoms with Gasteiger partial charge in [-0.05, 0) is 36.8 Å². The van der Waals surface area contributed by atoms with Crippen molar-refractivity contribution < 1.29 is 0 Å². The number of thioether (sulfide) groups is 1. The molecule has 1 heterocycles. The highest BCUT2D eigenvalue weighted by molar-refractivity contribution is 8.03. The summed E-state index contributed by atoms with van der Waals surface area (Å²) in [5.41, 5.74) is 4.89. The SMILES string of the molecule is CC(C)c1ccc(-c2nn(C3CC3)cc2SC2=CC=C(CCl)CC=C2)cc1. The van der Waals surface area contributed by atoms with Crippen LogP contribution in [0.5, 0.6) is 0 Å². The summed E-state index contributed by atoms with van der Waals surface area (Å²) >= 11 is 7.79. The van der Waals surface area contributed by atoms with Crippen molar-refractivity contribution in [2.45, 2.75) is 50.0 Å². The molecule has 0 atom stereocenters. The van der Waals surface area contributed by atoms with Gasteiger partial charge in [0.25, 0.3) is 0 Å². The van der Waals surface area contributed by atoms with E-state index in [1.807, 2.05) is 0 Å². The van der Waals surface area contributed by atoms with Crippen molar-refractivity contribution in [3.05, 3.63) is 70.8 Å². The highest BCUT2D eigenvalue weighted by Gasteiger charge is 2.26. The predicted octanol–water partition coefficient (Wildman–Crippen LogP) is 7.11. The van der Waals surface area contributed by atoms with Crippen LogP contribution < -0.4 is 0 Å². The number of allylic oxidation sites excluding steroid dienone is 5. The van der Waals surface area contributed by atoms with Gasteiger partial charge in [-0.25, -0.2) is 0 Å². The largest absolute Gasteiger partial charge is 0.268 e. The molecule has 2 nitrogen and oxygen atoms in total. The number of rotatable bonds is 6. The van der Waals surface area contributed by atoms with Crippen LogP contribution in [0.4, 0.5) is 0 Å². The van der Waals surface area contributed by atoms with Gasteiger partial charge in [-0.2, -0.15) is 5.10 Å². The molecule has 1 aromatic heterocycles. The van der Waals surface area contributed by atoms with Gasteiger partial charge in [0.05, 0.1) is 10.9 Å². The lowest BCUT2D eigenvalue weighted by Crippen LogP contribution is -1.94. The fourth-order valence-electron chi connectivity index (χ4n) is 3.15. The highest BCUT2D eigenvalue weighted by atomic mass is 35.5. The third-order valence-corrected chi connectivity index (χ3v) is 6.38. The topological polar surface area (TPSA) is 17.8 Å². The van der Waals surface area contributed by atoms with Crippen LogP contribution in [0.1, 0.15) is 50.6 Å². The lowest BCUT2D eigenvalue weighted by Gasteiger charge is -2.07. The van der Waals surface area contributed by atoms with Gasteiger partial charge in [0, 0.05) is 22.5 Å². The van der Waals surface area contributed by atoms with E-state index < -0.39 is 0 Å². The van der Waals surface area contributed by atoms with Gasteiger partial charge in [-0.15, -0.1) is 11.6 Å². The van der Waals surface area contributed by atoms with E-state index >= 15 is 0 Å². The fourth-order valence-corrected chi connectivity index (χ4v) is 4.31. The summed E-state index contributed by atoms with van der Waals surface area (Å²) in [6.07, 6.45) is 14.3. The Morgan fingerprint density at radius 2 is 1.96 bits per heavy atom. The maximum Gasteiger partial charge on any atom is 0.106 e. The summed E-state index contributed by atoms with van der Waals surface area (Å²) in [5, 5.41) is 4.95. The molecule has 2 aliphatic carbocycles. The molecule has 2 aromatic rings. The maximum absolute atomic E-state index is 5.99. The molecule has 0 spiro atoms. The van der Waals surface area contributed by atoms with Gasteiger partial charge in [0.1, 0.15) is 5.69 Å². The monoisotopic (exact) mass is 396 g/mol. The highest BCUT2D eigenvalue weighted by Crippen LogP contribution is 2.41. The molecule has 1 saturated carbocycles. The van der Waals surface area contributed by atoms with Crippen molar-refractivity contribution in [1.29, 1.82) is 0 Å². The number of halogens is 1. The van der Waals surface area contributed by atoms with E-state index in [1.165, 1.54) is 39.3 Å². The molecular weight excluding hydrogens is 372 g/mol. The van der Waals surface area contributed by atoms with Gasteiger partial charge in [-0.3, -0.25) is 4.68 Å². The first kappa shape index (κ1) is 18.6. The third kappa shape index (κ3) is 4.41. The van der Waals surface area contributed by atoms with E-state index in [1.54, 1.807) is 11.8 Å². The average Bonchev–Trinajstić information content (AvgIpc) is 3.47. The van der Waals surface area contributed by atoms with Crippen LogP contribution in [0.25, 0.3) is 11.3 Å². The first-order chi connectivity index (χ1) is 13.1. The van der Waals surface area contributed by atoms with E-state index in [-0.39, 0.29) is 0 Å². The van der Waals surface area contributed by atoms with Crippen LogP contribution >= 0.6 is 23.4 Å². The molecule has 1 aromatic carbocycles. The first-order valence-electron chi connectivity index (χ1n) is 9.63. The molecule has 0 radical (unpaired) electrons. The third-order valence-electron chi connectivity index (χ3n) is 5.02. The lowest BCUT2D eigenvalue weighted by atomic mass is 10.0. The van der Waals surface area contributed by atoms with Crippen molar-refractivity contribution in [1.82, 2.24) is 9.78 Å². The Morgan fingerprint density at radius 3 is 2.63 bits per heavy atom. The molecule has 0 amide bonds. The zero-order valence-corrected chi connectivity index (χ0v) is 17.4. The Kier molecular flexibility index (Phi) is 5.60. The fraction of sp³-hybridized carbons (Fsp3) is 0.348. The van der Waals surface area contributed by atoms with E-state index in [9.17, 15) is 0 Å². The molecule has 1 fully saturated rings. The molecule has 140 valence electrons.